The molecule has 1 fully saturated rings. The number of piperazine rings is 1. The molecule has 0 radical (unpaired) electrons. The second-order valence-electron chi connectivity index (χ2n) is 7.45. The summed E-state index contributed by atoms with van der Waals surface area (Å²) in [6.07, 6.45) is 1.79. The molecule has 2 heterocycles. The lowest BCUT2D eigenvalue weighted by Gasteiger charge is -2.34. The van der Waals surface area contributed by atoms with Crippen molar-refractivity contribution >= 4 is 11.9 Å². The summed E-state index contributed by atoms with van der Waals surface area (Å²) in [6, 6.07) is 11.1. The Morgan fingerprint density at radius 3 is 2.50 bits per heavy atom. The number of aryl methyl sites for hydroxylation is 1. The molecule has 2 aliphatic heterocycles. The molecule has 0 unspecified atom stereocenters. The highest BCUT2D eigenvalue weighted by atomic mass is 16.5. The zero-order valence-corrected chi connectivity index (χ0v) is 16.4. The van der Waals surface area contributed by atoms with Gasteiger partial charge >= 0.3 is 0 Å². The van der Waals surface area contributed by atoms with Crippen molar-refractivity contribution in [1.29, 1.82) is 0 Å². The maximum Gasteiger partial charge on any atom is 0.231 e. The molecule has 2 aliphatic rings. The summed E-state index contributed by atoms with van der Waals surface area (Å²) in [6.45, 7) is 9.74. The van der Waals surface area contributed by atoms with Crippen molar-refractivity contribution in [2.75, 3.05) is 32.7 Å². The molecule has 5 nitrogen and oxygen atoms in total. The number of carbonyl (C=O) groups excluding carboxylic acids is 1. The fourth-order valence-electron chi connectivity index (χ4n) is 3.83. The average molecular weight is 378 g/mol. The summed E-state index contributed by atoms with van der Waals surface area (Å²) in [7, 11) is 0. The zero-order chi connectivity index (χ0) is 19.7. The summed E-state index contributed by atoms with van der Waals surface area (Å²) < 4.78 is 5.99. The van der Waals surface area contributed by atoms with Crippen LogP contribution in [0, 0.1) is 6.92 Å². The first-order chi connectivity index (χ1) is 13.6. The molecule has 0 aliphatic carbocycles. The van der Waals surface area contributed by atoms with E-state index in [0.29, 0.717) is 29.2 Å². The van der Waals surface area contributed by atoms with Crippen LogP contribution < -0.4 is 4.74 Å². The zero-order valence-electron chi connectivity index (χ0n) is 16.4. The highest BCUT2D eigenvalue weighted by Crippen LogP contribution is 2.40. The van der Waals surface area contributed by atoms with Gasteiger partial charge in [-0.3, -0.25) is 9.69 Å². The molecule has 0 bridgehead atoms. The predicted octanol–water partition coefficient (Wildman–Crippen LogP) is 3.45. The Kier molecular flexibility index (Phi) is 5.20. The molecule has 1 saturated heterocycles. The Balaban J connectivity index is 1.60. The predicted molar refractivity (Wildman–Crippen MR) is 110 cm³/mol. The van der Waals surface area contributed by atoms with Crippen LogP contribution in [0.15, 0.2) is 42.2 Å². The molecule has 0 spiro atoms. The van der Waals surface area contributed by atoms with Gasteiger partial charge in [0.2, 0.25) is 5.78 Å². The number of hydrogen-bond acceptors (Lipinski definition) is 5. The minimum atomic E-state index is -0.129. The Hall–Kier alpha value is -2.63. The monoisotopic (exact) mass is 378 g/mol. The molecule has 0 amide bonds. The number of nitrogens with zero attached hydrogens (tertiary/aromatic N) is 2. The third-order valence-electron chi connectivity index (χ3n) is 5.69. The first kappa shape index (κ1) is 18.7. The fourth-order valence-corrected chi connectivity index (χ4v) is 3.83. The van der Waals surface area contributed by atoms with Gasteiger partial charge < -0.3 is 14.7 Å². The van der Waals surface area contributed by atoms with E-state index >= 15 is 0 Å². The van der Waals surface area contributed by atoms with Crippen LogP contribution in [0.3, 0.4) is 0 Å². The number of ketones is 1. The van der Waals surface area contributed by atoms with Gasteiger partial charge in [-0.1, -0.05) is 31.2 Å². The Labute approximate surface area is 165 Å². The van der Waals surface area contributed by atoms with Gasteiger partial charge in [0, 0.05) is 32.7 Å². The van der Waals surface area contributed by atoms with E-state index in [1.165, 1.54) is 0 Å². The number of rotatable bonds is 4. The molecular weight excluding hydrogens is 352 g/mol. The van der Waals surface area contributed by atoms with Crippen molar-refractivity contribution in [2.24, 2.45) is 0 Å². The van der Waals surface area contributed by atoms with Gasteiger partial charge in [0.25, 0.3) is 0 Å². The lowest BCUT2D eigenvalue weighted by Crippen LogP contribution is -2.45. The quantitative estimate of drug-likeness (QED) is 0.826. The van der Waals surface area contributed by atoms with Crippen LogP contribution in [0.5, 0.6) is 11.5 Å². The second kappa shape index (κ2) is 7.78. The maximum absolute atomic E-state index is 12.9. The van der Waals surface area contributed by atoms with Crippen LogP contribution in [0.4, 0.5) is 0 Å². The number of fused-ring (bicyclic) bond motifs is 1. The number of phenols is 1. The van der Waals surface area contributed by atoms with Gasteiger partial charge in [-0.25, -0.2) is 0 Å². The standard InChI is InChI=1S/C23H26N2O3/c1-3-24-10-12-25(13-11-24)15-19-20(26)9-8-18-22(27)21(28-23(18)19)14-17-7-5-4-6-16(17)2/h4-9,14,26H,3,10-13,15H2,1-2H3. The van der Waals surface area contributed by atoms with Gasteiger partial charge in [-0.2, -0.15) is 0 Å². The summed E-state index contributed by atoms with van der Waals surface area (Å²) >= 11 is 0. The molecule has 5 heteroatoms. The van der Waals surface area contributed by atoms with E-state index in [0.717, 1.165) is 43.9 Å². The topological polar surface area (TPSA) is 53.0 Å². The second-order valence-corrected chi connectivity index (χ2v) is 7.45. The highest BCUT2D eigenvalue weighted by molar-refractivity contribution is 6.15. The number of Topliss-reactive ketones (excluding diaryl/α,β-unsaturated/α-hetero) is 1. The van der Waals surface area contributed by atoms with E-state index in [-0.39, 0.29) is 11.5 Å². The summed E-state index contributed by atoms with van der Waals surface area (Å²) in [5, 5.41) is 10.5. The highest BCUT2D eigenvalue weighted by Gasteiger charge is 2.32. The number of carbonyl (C=O) groups is 1. The normalized spacial score (nSPS) is 19.1. The number of aromatic hydroxyl groups is 1. The number of allylic oxidation sites excluding steroid dienone is 1. The smallest absolute Gasteiger partial charge is 0.231 e. The van der Waals surface area contributed by atoms with Crippen molar-refractivity contribution in [2.45, 2.75) is 20.4 Å². The Morgan fingerprint density at radius 1 is 1.07 bits per heavy atom. The lowest BCUT2D eigenvalue weighted by atomic mass is 10.0. The first-order valence-electron chi connectivity index (χ1n) is 9.86. The minimum absolute atomic E-state index is 0.129. The van der Waals surface area contributed by atoms with E-state index in [9.17, 15) is 9.90 Å². The number of benzene rings is 2. The molecule has 0 saturated carbocycles. The van der Waals surface area contributed by atoms with Crippen LogP contribution in [0.1, 0.15) is 34.0 Å². The van der Waals surface area contributed by atoms with Crippen molar-refractivity contribution in [1.82, 2.24) is 9.80 Å². The summed E-state index contributed by atoms with van der Waals surface area (Å²) in [5.41, 5.74) is 3.27. The van der Waals surface area contributed by atoms with Crippen molar-refractivity contribution in [3.05, 3.63) is 64.4 Å². The lowest BCUT2D eigenvalue weighted by molar-refractivity contribution is 0.101. The molecule has 2 aromatic rings. The fraction of sp³-hybridized carbons (Fsp3) is 0.348. The van der Waals surface area contributed by atoms with E-state index in [1.54, 1.807) is 18.2 Å². The number of hydrogen-bond donors (Lipinski definition) is 1. The first-order valence-corrected chi connectivity index (χ1v) is 9.86. The largest absolute Gasteiger partial charge is 0.507 e. The van der Waals surface area contributed by atoms with Crippen LogP contribution in [-0.2, 0) is 6.54 Å². The maximum atomic E-state index is 12.9. The molecule has 2 aromatic carbocycles. The SMILES string of the molecule is CCN1CCN(Cc2c(O)ccc3c2OC(=Cc2ccccc2C)C3=O)CC1. The van der Waals surface area contributed by atoms with Gasteiger partial charge in [0.1, 0.15) is 11.5 Å². The van der Waals surface area contributed by atoms with Crippen molar-refractivity contribution < 1.29 is 14.6 Å². The van der Waals surface area contributed by atoms with Crippen LogP contribution in [0.2, 0.25) is 0 Å². The van der Waals surface area contributed by atoms with E-state index in [4.69, 9.17) is 4.74 Å². The third-order valence-corrected chi connectivity index (χ3v) is 5.69. The molecule has 0 aromatic heterocycles. The van der Waals surface area contributed by atoms with Crippen molar-refractivity contribution in [3.63, 3.8) is 0 Å². The molecule has 4 rings (SSSR count). The van der Waals surface area contributed by atoms with Crippen LogP contribution >= 0.6 is 0 Å². The molecule has 28 heavy (non-hydrogen) atoms. The van der Waals surface area contributed by atoms with Gasteiger partial charge in [-0.05, 0) is 42.8 Å². The molecule has 1 N–H and O–H groups in total. The van der Waals surface area contributed by atoms with Crippen LogP contribution in [-0.4, -0.2) is 53.4 Å². The summed E-state index contributed by atoms with van der Waals surface area (Å²) in [5.74, 6) is 0.867. The number of ether oxygens (including phenoxy) is 1. The average Bonchev–Trinajstić information content (AvgIpc) is 3.02. The number of phenolic OH excluding ortho intramolecular Hbond substituents is 1. The Bertz CT molecular complexity index is 927. The van der Waals surface area contributed by atoms with E-state index in [1.807, 2.05) is 31.2 Å². The van der Waals surface area contributed by atoms with Crippen molar-refractivity contribution in [3.8, 4) is 11.5 Å². The van der Waals surface area contributed by atoms with Crippen LogP contribution in [0.25, 0.3) is 6.08 Å². The van der Waals surface area contributed by atoms with E-state index in [2.05, 4.69) is 16.7 Å². The Morgan fingerprint density at radius 2 is 1.79 bits per heavy atom. The van der Waals surface area contributed by atoms with Gasteiger partial charge in [-0.15, -0.1) is 0 Å². The molecule has 146 valence electrons. The third kappa shape index (κ3) is 3.55. The number of likely N-dealkylation sites (N-methyl/N-ethyl adjacent to an activating group) is 1. The molecule has 0 atom stereocenters. The van der Waals surface area contributed by atoms with Gasteiger partial charge in [0.05, 0.1) is 11.1 Å². The minimum Gasteiger partial charge on any atom is -0.507 e. The summed E-state index contributed by atoms with van der Waals surface area (Å²) in [4.78, 5) is 17.6. The van der Waals surface area contributed by atoms with E-state index < -0.39 is 0 Å². The van der Waals surface area contributed by atoms with Gasteiger partial charge in [0.15, 0.2) is 5.76 Å². The molecular formula is C23H26N2O3.